The number of para-hydroxylation sites is 2. The molecule has 1 N–H and O–H groups in total. The lowest BCUT2D eigenvalue weighted by Gasteiger charge is -2.32. The van der Waals surface area contributed by atoms with Crippen LogP contribution in [0.15, 0.2) is 64.2 Å². The monoisotopic (exact) mass is 406 g/mol. The molecule has 0 bridgehead atoms. The van der Waals surface area contributed by atoms with Crippen LogP contribution in [0.4, 0.5) is 0 Å². The van der Waals surface area contributed by atoms with Crippen LogP contribution in [0, 0.1) is 0 Å². The highest BCUT2D eigenvalue weighted by Crippen LogP contribution is 2.14. The van der Waals surface area contributed by atoms with Crippen molar-refractivity contribution in [2.45, 2.75) is 32.0 Å². The van der Waals surface area contributed by atoms with Gasteiger partial charge in [-0.25, -0.2) is 0 Å². The van der Waals surface area contributed by atoms with E-state index in [1.165, 1.54) is 14.7 Å². The van der Waals surface area contributed by atoms with Crippen LogP contribution >= 0.6 is 0 Å². The molecule has 1 fully saturated rings. The van der Waals surface area contributed by atoms with Crippen molar-refractivity contribution in [2.24, 2.45) is 7.05 Å². The molecule has 2 heterocycles. The molecule has 1 aliphatic heterocycles. The van der Waals surface area contributed by atoms with Crippen molar-refractivity contribution < 1.29 is 4.79 Å². The number of amides is 1. The van der Waals surface area contributed by atoms with Gasteiger partial charge < -0.3 is 9.88 Å². The molecule has 0 unspecified atom stereocenters. The molecule has 1 aromatic heterocycles. The third-order valence-electron chi connectivity index (χ3n) is 5.77. The highest BCUT2D eigenvalue weighted by Gasteiger charge is 2.21. The molecule has 0 atom stereocenters. The number of hydrogen-bond donors (Lipinski definition) is 1. The quantitative estimate of drug-likeness (QED) is 0.652. The molecule has 3 aromatic rings. The van der Waals surface area contributed by atoms with Gasteiger partial charge in [0.05, 0.1) is 11.0 Å². The van der Waals surface area contributed by atoms with Gasteiger partial charge in [0.2, 0.25) is 5.91 Å². The van der Waals surface area contributed by atoms with Crippen molar-refractivity contribution in [3.63, 3.8) is 0 Å². The van der Waals surface area contributed by atoms with Crippen molar-refractivity contribution in [1.82, 2.24) is 19.4 Å². The fraction of sp³-hybridized carbons (Fsp3) is 0.348. The fourth-order valence-corrected chi connectivity index (χ4v) is 4.10. The number of nitrogens with one attached hydrogen (secondary N) is 1. The molecule has 7 heteroatoms. The summed E-state index contributed by atoms with van der Waals surface area (Å²) < 4.78 is 2.60. The van der Waals surface area contributed by atoms with E-state index in [4.69, 9.17) is 0 Å². The highest BCUT2D eigenvalue weighted by atomic mass is 16.2. The van der Waals surface area contributed by atoms with Gasteiger partial charge in [-0.1, -0.05) is 42.5 Å². The summed E-state index contributed by atoms with van der Waals surface area (Å²) in [6, 6.07) is 17.6. The first kappa shape index (κ1) is 20.1. The second-order valence-electron chi connectivity index (χ2n) is 7.85. The van der Waals surface area contributed by atoms with E-state index in [1.54, 1.807) is 31.3 Å². The number of benzene rings is 2. The van der Waals surface area contributed by atoms with Crippen molar-refractivity contribution in [2.75, 3.05) is 13.1 Å². The molecule has 156 valence electrons. The average molecular weight is 406 g/mol. The summed E-state index contributed by atoms with van der Waals surface area (Å²) in [5, 5.41) is 3.04. The van der Waals surface area contributed by atoms with Crippen LogP contribution in [0.3, 0.4) is 0 Å². The van der Waals surface area contributed by atoms with E-state index in [9.17, 15) is 14.4 Å². The molecule has 0 aliphatic carbocycles. The number of aromatic nitrogens is 2. The van der Waals surface area contributed by atoms with Crippen LogP contribution in [0.25, 0.3) is 11.0 Å². The number of piperidine rings is 1. The summed E-state index contributed by atoms with van der Waals surface area (Å²) in [5.74, 6) is -0.239. The molecule has 1 aliphatic rings. The van der Waals surface area contributed by atoms with Crippen LogP contribution in [0.5, 0.6) is 0 Å². The minimum absolute atomic E-state index is 0.0815. The zero-order valence-electron chi connectivity index (χ0n) is 17.1. The second-order valence-corrected chi connectivity index (χ2v) is 7.85. The number of hydrogen-bond acceptors (Lipinski definition) is 4. The van der Waals surface area contributed by atoms with Crippen molar-refractivity contribution >= 4 is 16.9 Å². The van der Waals surface area contributed by atoms with Crippen molar-refractivity contribution in [3.05, 3.63) is 80.9 Å². The van der Waals surface area contributed by atoms with Crippen LogP contribution < -0.4 is 16.4 Å². The topological polar surface area (TPSA) is 76.3 Å². The Kier molecular flexibility index (Phi) is 5.81. The zero-order chi connectivity index (χ0) is 21.1. The predicted octanol–water partition coefficient (Wildman–Crippen LogP) is 1.48. The Bertz CT molecular complexity index is 1160. The Morgan fingerprint density at radius 3 is 2.27 bits per heavy atom. The first-order valence-electron chi connectivity index (χ1n) is 10.3. The number of rotatable bonds is 5. The standard InChI is InChI=1S/C23H26N4O3/c1-25-19-9-5-6-10-20(19)27(23(30)22(25)29)16-21(28)24-18-11-13-26(14-12-18)15-17-7-3-2-4-8-17/h2-10,18H,11-16H2,1H3,(H,24,28). The lowest BCUT2D eigenvalue weighted by molar-refractivity contribution is -0.122. The predicted molar refractivity (Wildman–Crippen MR) is 116 cm³/mol. The molecule has 0 saturated carbocycles. The minimum Gasteiger partial charge on any atom is -0.352 e. The Morgan fingerprint density at radius 1 is 0.933 bits per heavy atom. The number of nitrogens with zero attached hydrogens (tertiary/aromatic N) is 3. The van der Waals surface area contributed by atoms with Gasteiger partial charge in [0.1, 0.15) is 6.54 Å². The lowest BCUT2D eigenvalue weighted by atomic mass is 10.0. The summed E-state index contributed by atoms with van der Waals surface area (Å²) in [5.41, 5.74) is 1.19. The van der Waals surface area contributed by atoms with Gasteiger partial charge in [-0.2, -0.15) is 0 Å². The summed E-state index contributed by atoms with van der Waals surface area (Å²) in [4.78, 5) is 39.8. The van der Waals surface area contributed by atoms with E-state index in [0.717, 1.165) is 32.5 Å². The van der Waals surface area contributed by atoms with Crippen molar-refractivity contribution in [1.29, 1.82) is 0 Å². The Morgan fingerprint density at radius 2 is 1.57 bits per heavy atom. The maximum absolute atomic E-state index is 12.7. The molecule has 1 saturated heterocycles. The maximum atomic E-state index is 12.7. The molecule has 0 radical (unpaired) electrons. The highest BCUT2D eigenvalue weighted by molar-refractivity contribution is 5.80. The van der Waals surface area contributed by atoms with Gasteiger partial charge in [-0.05, 0) is 30.5 Å². The second kappa shape index (κ2) is 8.67. The van der Waals surface area contributed by atoms with E-state index >= 15 is 0 Å². The fourth-order valence-electron chi connectivity index (χ4n) is 4.10. The lowest BCUT2D eigenvalue weighted by Crippen LogP contribution is -2.47. The van der Waals surface area contributed by atoms with E-state index in [1.807, 2.05) is 18.2 Å². The van der Waals surface area contributed by atoms with Crippen molar-refractivity contribution in [3.8, 4) is 0 Å². The first-order chi connectivity index (χ1) is 14.5. The molecule has 1 amide bonds. The van der Waals surface area contributed by atoms with Gasteiger partial charge >= 0.3 is 11.1 Å². The number of carbonyl (C=O) groups is 1. The molecule has 0 spiro atoms. The molecular weight excluding hydrogens is 380 g/mol. The molecule has 4 rings (SSSR count). The summed E-state index contributed by atoms with van der Waals surface area (Å²) in [7, 11) is 1.57. The van der Waals surface area contributed by atoms with Gasteiger partial charge in [-0.3, -0.25) is 23.9 Å². The van der Waals surface area contributed by atoms with Crippen LogP contribution in [0.1, 0.15) is 18.4 Å². The summed E-state index contributed by atoms with van der Waals surface area (Å²) in [6.07, 6.45) is 1.73. The van der Waals surface area contributed by atoms with Gasteiger partial charge in [0, 0.05) is 32.7 Å². The molecular formula is C23H26N4O3. The SMILES string of the molecule is Cn1c(=O)c(=O)n(CC(=O)NC2CCN(Cc3ccccc3)CC2)c2ccccc21. The first-order valence-corrected chi connectivity index (χ1v) is 10.3. The Balaban J connectivity index is 1.39. The number of likely N-dealkylation sites (tertiary alicyclic amines) is 1. The molecule has 7 nitrogen and oxygen atoms in total. The third kappa shape index (κ3) is 4.21. The van der Waals surface area contributed by atoms with Gasteiger partial charge in [0.25, 0.3) is 0 Å². The third-order valence-corrected chi connectivity index (χ3v) is 5.77. The largest absolute Gasteiger partial charge is 0.352 e. The van der Waals surface area contributed by atoms with E-state index < -0.39 is 11.1 Å². The number of carbonyl (C=O) groups excluding carboxylic acids is 1. The van der Waals surface area contributed by atoms with Crippen LogP contribution in [-0.4, -0.2) is 39.1 Å². The summed E-state index contributed by atoms with van der Waals surface area (Å²) >= 11 is 0. The average Bonchev–Trinajstić information content (AvgIpc) is 2.77. The zero-order valence-corrected chi connectivity index (χ0v) is 17.1. The van der Waals surface area contributed by atoms with Gasteiger partial charge in [0.15, 0.2) is 0 Å². The minimum atomic E-state index is -0.677. The molecule has 30 heavy (non-hydrogen) atoms. The summed E-state index contributed by atoms with van der Waals surface area (Å²) in [6.45, 7) is 2.58. The van der Waals surface area contributed by atoms with E-state index in [-0.39, 0.29) is 18.5 Å². The smallest absolute Gasteiger partial charge is 0.317 e. The van der Waals surface area contributed by atoms with E-state index in [2.05, 4.69) is 22.3 Å². The van der Waals surface area contributed by atoms with E-state index in [0.29, 0.717) is 11.0 Å². The number of fused-ring (bicyclic) bond motifs is 1. The van der Waals surface area contributed by atoms with Crippen LogP contribution in [0.2, 0.25) is 0 Å². The number of aryl methyl sites for hydroxylation is 1. The Hall–Kier alpha value is -3.19. The Labute approximate surface area is 174 Å². The molecule has 2 aromatic carbocycles. The maximum Gasteiger partial charge on any atom is 0.317 e. The normalized spacial score (nSPS) is 15.4. The van der Waals surface area contributed by atoms with Gasteiger partial charge in [-0.15, -0.1) is 0 Å². The van der Waals surface area contributed by atoms with Crippen LogP contribution in [-0.2, 0) is 24.9 Å².